The van der Waals surface area contributed by atoms with Gasteiger partial charge in [0.05, 0.1) is 5.69 Å². The Morgan fingerprint density at radius 3 is 2.80 bits per heavy atom. The summed E-state index contributed by atoms with van der Waals surface area (Å²) in [5.74, 6) is 5.49. The highest BCUT2D eigenvalue weighted by molar-refractivity contribution is 4.95. The number of nitrogens with one attached hydrogen (secondary N) is 1. The maximum absolute atomic E-state index is 5.49. The third-order valence-corrected chi connectivity index (χ3v) is 2.27. The average molecular weight is 212 g/mol. The predicted molar refractivity (Wildman–Crippen MR) is 59.0 cm³/mol. The highest BCUT2D eigenvalue weighted by atomic mass is 15.4. The van der Waals surface area contributed by atoms with Gasteiger partial charge in [0.15, 0.2) is 0 Å². The zero-order valence-electron chi connectivity index (χ0n) is 9.64. The Balaban J connectivity index is 2.39. The van der Waals surface area contributed by atoms with E-state index in [2.05, 4.69) is 34.7 Å². The van der Waals surface area contributed by atoms with Crippen molar-refractivity contribution >= 4 is 0 Å². The first-order valence-corrected chi connectivity index (χ1v) is 5.08. The molecule has 0 bridgehead atoms. The van der Waals surface area contributed by atoms with Crippen LogP contribution in [0.1, 0.15) is 12.1 Å². The molecule has 1 rings (SSSR count). The maximum atomic E-state index is 5.49. The lowest BCUT2D eigenvalue weighted by atomic mass is 10.1. The molecule has 1 atom stereocenters. The molecule has 0 radical (unpaired) electrons. The summed E-state index contributed by atoms with van der Waals surface area (Å²) in [6.45, 7) is 1.01. The zero-order valence-corrected chi connectivity index (χ0v) is 9.64. The lowest BCUT2D eigenvalue weighted by molar-refractivity contribution is 0.357. The van der Waals surface area contributed by atoms with E-state index < -0.39 is 0 Å². The van der Waals surface area contributed by atoms with E-state index in [0.29, 0.717) is 0 Å². The van der Waals surface area contributed by atoms with E-state index in [0.717, 1.165) is 25.1 Å². The van der Waals surface area contributed by atoms with Gasteiger partial charge >= 0.3 is 0 Å². The van der Waals surface area contributed by atoms with E-state index in [1.807, 2.05) is 13.2 Å². The standard InChI is InChI=1S/C9H20N6/c1-14(2)5-4-8(11-10)6-9-7-15(3)13-12-9/h7-8,11H,4-6,10H2,1-3H3. The second-order valence-electron chi connectivity index (χ2n) is 4.04. The van der Waals surface area contributed by atoms with Crippen molar-refractivity contribution in [1.82, 2.24) is 25.3 Å². The summed E-state index contributed by atoms with van der Waals surface area (Å²) in [6.07, 6.45) is 3.73. The van der Waals surface area contributed by atoms with Gasteiger partial charge in [0.25, 0.3) is 0 Å². The normalized spacial score (nSPS) is 13.4. The largest absolute Gasteiger partial charge is 0.309 e. The molecule has 15 heavy (non-hydrogen) atoms. The maximum Gasteiger partial charge on any atom is 0.0843 e. The van der Waals surface area contributed by atoms with Gasteiger partial charge in [-0.25, -0.2) is 0 Å². The van der Waals surface area contributed by atoms with Crippen LogP contribution in [0.3, 0.4) is 0 Å². The fraction of sp³-hybridized carbons (Fsp3) is 0.778. The molecule has 0 spiro atoms. The molecule has 86 valence electrons. The van der Waals surface area contributed by atoms with Gasteiger partial charge in [-0.3, -0.25) is 16.0 Å². The number of nitrogens with zero attached hydrogens (tertiary/aromatic N) is 4. The molecule has 1 aromatic rings. The minimum atomic E-state index is 0.254. The summed E-state index contributed by atoms with van der Waals surface area (Å²) in [5.41, 5.74) is 3.78. The molecule has 0 aliphatic heterocycles. The lowest BCUT2D eigenvalue weighted by Gasteiger charge is -2.17. The van der Waals surface area contributed by atoms with E-state index in [-0.39, 0.29) is 6.04 Å². The Morgan fingerprint density at radius 1 is 1.60 bits per heavy atom. The second-order valence-corrected chi connectivity index (χ2v) is 4.04. The van der Waals surface area contributed by atoms with Crippen LogP contribution in [-0.2, 0) is 13.5 Å². The smallest absolute Gasteiger partial charge is 0.0843 e. The number of nitrogens with two attached hydrogens (primary N) is 1. The minimum Gasteiger partial charge on any atom is -0.309 e. The molecule has 0 amide bonds. The molecule has 3 N–H and O–H groups in total. The van der Waals surface area contributed by atoms with Crippen LogP contribution in [0.5, 0.6) is 0 Å². The fourth-order valence-electron chi connectivity index (χ4n) is 1.40. The Bertz CT molecular complexity index is 282. The van der Waals surface area contributed by atoms with E-state index in [9.17, 15) is 0 Å². The molecule has 1 aromatic heterocycles. The average Bonchev–Trinajstić information content (AvgIpc) is 2.58. The molecule has 0 aromatic carbocycles. The summed E-state index contributed by atoms with van der Waals surface area (Å²) in [4.78, 5) is 2.14. The van der Waals surface area contributed by atoms with Crippen molar-refractivity contribution < 1.29 is 0 Å². The van der Waals surface area contributed by atoms with Gasteiger partial charge in [0.1, 0.15) is 0 Å². The van der Waals surface area contributed by atoms with E-state index in [1.54, 1.807) is 4.68 Å². The first kappa shape index (κ1) is 12.1. The van der Waals surface area contributed by atoms with Gasteiger partial charge in [-0.05, 0) is 27.1 Å². The van der Waals surface area contributed by atoms with Gasteiger partial charge in [-0.15, -0.1) is 5.10 Å². The molecule has 0 saturated carbocycles. The number of aryl methyl sites for hydroxylation is 1. The molecule has 0 aliphatic carbocycles. The van der Waals surface area contributed by atoms with E-state index in [4.69, 9.17) is 5.84 Å². The van der Waals surface area contributed by atoms with E-state index >= 15 is 0 Å². The molecule has 0 aliphatic rings. The van der Waals surface area contributed by atoms with Crippen LogP contribution in [0.4, 0.5) is 0 Å². The highest BCUT2D eigenvalue weighted by Crippen LogP contribution is 2.01. The van der Waals surface area contributed by atoms with Crippen LogP contribution in [-0.4, -0.2) is 46.6 Å². The first-order valence-electron chi connectivity index (χ1n) is 5.08. The lowest BCUT2D eigenvalue weighted by Crippen LogP contribution is -2.38. The van der Waals surface area contributed by atoms with Crippen molar-refractivity contribution in [3.63, 3.8) is 0 Å². The molecule has 6 heteroatoms. The van der Waals surface area contributed by atoms with Gasteiger partial charge in [0.2, 0.25) is 0 Å². The monoisotopic (exact) mass is 212 g/mol. The Kier molecular flexibility index (Phi) is 4.67. The first-order chi connectivity index (χ1) is 7.11. The molecule has 6 nitrogen and oxygen atoms in total. The second kappa shape index (κ2) is 5.79. The number of hydrogen-bond donors (Lipinski definition) is 2. The summed E-state index contributed by atoms with van der Waals surface area (Å²) >= 11 is 0. The summed E-state index contributed by atoms with van der Waals surface area (Å²) in [5, 5.41) is 7.92. The number of hydrazine groups is 1. The summed E-state index contributed by atoms with van der Waals surface area (Å²) in [7, 11) is 5.97. The SMILES string of the molecule is CN(C)CCC(Cc1cn(C)nn1)NN. The van der Waals surface area contributed by atoms with Crippen LogP contribution < -0.4 is 11.3 Å². The Morgan fingerprint density at radius 2 is 2.33 bits per heavy atom. The predicted octanol–water partition coefficient (Wildman–Crippen LogP) is -0.859. The summed E-state index contributed by atoms with van der Waals surface area (Å²) in [6, 6.07) is 0.254. The highest BCUT2D eigenvalue weighted by Gasteiger charge is 2.10. The van der Waals surface area contributed by atoms with Crippen molar-refractivity contribution in [2.45, 2.75) is 18.9 Å². The number of hydrogen-bond acceptors (Lipinski definition) is 5. The molecular weight excluding hydrogens is 192 g/mol. The van der Waals surface area contributed by atoms with Crippen molar-refractivity contribution in [2.75, 3.05) is 20.6 Å². The van der Waals surface area contributed by atoms with Crippen LogP contribution >= 0.6 is 0 Å². The Hall–Kier alpha value is -0.980. The number of rotatable bonds is 6. The number of aromatic nitrogens is 3. The molecule has 1 heterocycles. The quantitative estimate of drug-likeness (QED) is 0.474. The molecule has 0 saturated heterocycles. The van der Waals surface area contributed by atoms with Gasteiger partial charge in [0, 0.05) is 25.7 Å². The van der Waals surface area contributed by atoms with Crippen LogP contribution in [0.25, 0.3) is 0 Å². The van der Waals surface area contributed by atoms with Crippen LogP contribution in [0, 0.1) is 0 Å². The van der Waals surface area contributed by atoms with Crippen LogP contribution in [0.15, 0.2) is 6.20 Å². The van der Waals surface area contributed by atoms with Crippen molar-refractivity contribution in [1.29, 1.82) is 0 Å². The fourth-order valence-corrected chi connectivity index (χ4v) is 1.40. The van der Waals surface area contributed by atoms with Crippen LogP contribution in [0.2, 0.25) is 0 Å². The minimum absolute atomic E-state index is 0.254. The zero-order chi connectivity index (χ0) is 11.3. The molecular formula is C9H20N6. The molecule has 0 fully saturated rings. The van der Waals surface area contributed by atoms with Crippen molar-refractivity contribution in [3.8, 4) is 0 Å². The third kappa shape index (κ3) is 4.37. The third-order valence-electron chi connectivity index (χ3n) is 2.27. The van der Waals surface area contributed by atoms with Gasteiger partial charge < -0.3 is 4.90 Å². The van der Waals surface area contributed by atoms with E-state index in [1.165, 1.54) is 0 Å². The van der Waals surface area contributed by atoms with Gasteiger partial charge in [-0.1, -0.05) is 5.21 Å². The van der Waals surface area contributed by atoms with Gasteiger partial charge in [-0.2, -0.15) is 0 Å². The Labute approximate surface area is 90.4 Å². The summed E-state index contributed by atoms with van der Waals surface area (Å²) < 4.78 is 1.70. The topological polar surface area (TPSA) is 72.0 Å². The van der Waals surface area contributed by atoms with Crippen molar-refractivity contribution in [3.05, 3.63) is 11.9 Å². The van der Waals surface area contributed by atoms with Crippen molar-refractivity contribution in [2.24, 2.45) is 12.9 Å². The molecule has 1 unspecified atom stereocenters.